The molecule has 1 aromatic heterocycles. The molecule has 0 spiro atoms. The maximum atomic E-state index is 11.9. The second-order valence-corrected chi connectivity index (χ2v) is 6.70. The van der Waals surface area contributed by atoms with E-state index < -0.39 is 27.9 Å². The lowest BCUT2D eigenvalue weighted by atomic mass is 10.1. The van der Waals surface area contributed by atoms with Gasteiger partial charge in [0, 0.05) is 0 Å². The van der Waals surface area contributed by atoms with E-state index in [0.29, 0.717) is 12.8 Å². The molecular formula is C13H20N2O6S. The van der Waals surface area contributed by atoms with Gasteiger partial charge in [0.15, 0.2) is 5.76 Å². The number of amides is 1. The zero-order chi connectivity index (χ0) is 16.8. The highest BCUT2D eigenvalue weighted by molar-refractivity contribution is 7.88. The summed E-state index contributed by atoms with van der Waals surface area (Å²) in [6.07, 6.45) is 2.84. The van der Waals surface area contributed by atoms with Crippen LogP contribution in [0.25, 0.3) is 0 Å². The van der Waals surface area contributed by atoms with Crippen LogP contribution in [-0.2, 0) is 21.4 Å². The number of aliphatic carboxylic acids is 1. The second kappa shape index (κ2) is 7.95. The number of hydrogen-bond acceptors (Lipinski definition) is 5. The highest BCUT2D eigenvalue weighted by Crippen LogP contribution is 2.09. The number of carbonyl (C=O) groups excluding carboxylic acids is 1. The lowest BCUT2D eigenvalue weighted by molar-refractivity contribution is -0.139. The molecule has 1 amide bonds. The molecule has 22 heavy (non-hydrogen) atoms. The van der Waals surface area contributed by atoms with Crippen LogP contribution in [0.5, 0.6) is 0 Å². The molecule has 0 saturated heterocycles. The number of carboxylic acids is 1. The van der Waals surface area contributed by atoms with Crippen LogP contribution >= 0.6 is 0 Å². The van der Waals surface area contributed by atoms with Gasteiger partial charge >= 0.3 is 5.97 Å². The highest BCUT2D eigenvalue weighted by atomic mass is 32.2. The van der Waals surface area contributed by atoms with E-state index in [9.17, 15) is 18.0 Å². The molecule has 8 nitrogen and oxygen atoms in total. The largest absolute Gasteiger partial charge is 0.480 e. The van der Waals surface area contributed by atoms with Crippen LogP contribution in [0, 0.1) is 0 Å². The minimum atomic E-state index is -3.36. The first-order valence-corrected chi connectivity index (χ1v) is 8.69. The predicted octanol–water partition coefficient (Wildman–Crippen LogP) is 0.702. The molecule has 1 atom stereocenters. The third-order valence-corrected chi connectivity index (χ3v) is 3.51. The van der Waals surface area contributed by atoms with Crippen molar-refractivity contribution in [3.63, 3.8) is 0 Å². The third kappa shape index (κ3) is 6.27. The van der Waals surface area contributed by atoms with E-state index in [1.807, 2.05) is 6.92 Å². The summed E-state index contributed by atoms with van der Waals surface area (Å²) in [5.41, 5.74) is 0. The fraction of sp³-hybridized carbons (Fsp3) is 0.538. The van der Waals surface area contributed by atoms with Gasteiger partial charge in [0.05, 0.1) is 12.8 Å². The fourth-order valence-corrected chi connectivity index (χ4v) is 2.10. The van der Waals surface area contributed by atoms with Crippen molar-refractivity contribution in [3.05, 3.63) is 23.7 Å². The zero-order valence-electron chi connectivity index (χ0n) is 12.5. The lowest BCUT2D eigenvalue weighted by Gasteiger charge is -2.12. The van der Waals surface area contributed by atoms with E-state index in [4.69, 9.17) is 9.52 Å². The van der Waals surface area contributed by atoms with Gasteiger partial charge in [0.2, 0.25) is 10.0 Å². The Morgan fingerprint density at radius 1 is 1.36 bits per heavy atom. The van der Waals surface area contributed by atoms with E-state index >= 15 is 0 Å². The maximum Gasteiger partial charge on any atom is 0.326 e. The Kier molecular flexibility index (Phi) is 6.57. The first-order chi connectivity index (χ1) is 10.2. The van der Waals surface area contributed by atoms with E-state index in [1.165, 1.54) is 12.1 Å². The predicted molar refractivity (Wildman–Crippen MR) is 78.8 cm³/mol. The van der Waals surface area contributed by atoms with Gasteiger partial charge < -0.3 is 14.8 Å². The van der Waals surface area contributed by atoms with Crippen molar-refractivity contribution in [3.8, 4) is 0 Å². The fourth-order valence-electron chi connectivity index (χ4n) is 1.69. The SMILES string of the molecule is CCCCC(NC(=O)c1ccc(CNS(C)(=O)=O)o1)C(=O)O. The molecule has 1 heterocycles. The van der Waals surface area contributed by atoms with Gasteiger partial charge in [-0.25, -0.2) is 17.9 Å². The van der Waals surface area contributed by atoms with Gasteiger partial charge in [0.1, 0.15) is 11.8 Å². The molecule has 3 N–H and O–H groups in total. The number of carboxylic acid groups (broad SMARTS) is 1. The van der Waals surface area contributed by atoms with Crippen LogP contribution in [0.3, 0.4) is 0 Å². The molecule has 0 bridgehead atoms. The summed E-state index contributed by atoms with van der Waals surface area (Å²) in [6, 6.07) is 1.84. The van der Waals surface area contributed by atoms with Crippen LogP contribution < -0.4 is 10.0 Å². The Morgan fingerprint density at radius 2 is 2.05 bits per heavy atom. The number of furan rings is 1. The highest BCUT2D eigenvalue weighted by Gasteiger charge is 2.21. The molecule has 0 aliphatic carbocycles. The first kappa shape index (κ1) is 18.2. The Bertz CT molecular complexity index is 622. The topological polar surface area (TPSA) is 126 Å². The molecule has 0 aliphatic rings. The molecule has 0 saturated carbocycles. The molecule has 9 heteroatoms. The Morgan fingerprint density at radius 3 is 2.59 bits per heavy atom. The van der Waals surface area contributed by atoms with E-state index in [1.54, 1.807) is 0 Å². The van der Waals surface area contributed by atoms with Gasteiger partial charge in [0.25, 0.3) is 5.91 Å². The van der Waals surface area contributed by atoms with Crippen LogP contribution in [0.2, 0.25) is 0 Å². The van der Waals surface area contributed by atoms with Crippen molar-refractivity contribution in [2.75, 3.05) is 6.26 Å². The van der Waals surface area contributed by atoms with Crippen LogP contribution in [0.4, 0.5) is 0 Å². The number of unbranched alkanes of at least 4 members (excludes halogenated alkanes) is 1. The number of rotatable bonds is 9. The Balaban J connectivity index is 2.65. The number of hydrogen-bond donors (Lipinski definition) is 3. The normalized spacial score (nSPS) is 12.8. The molecule has 1 aromatic rings. The van der Waals surface area contributed by atoms with Crippen molar-refractivity contribution in [1.29, 1.82) is 0 Å². The van der Waals surface area contributed by atoms with Crippen molar-refractivity contribution >= 4 is 21.9 Å². The van der Waals surface area contributed by atoms with Gasteiger partial charge in [-0.3, -0.25) is 4.79 Å². The number of carbonyl (C=O) groups is 2. The summed E-state index contributed by atoms with van der Waals surface area (Å²) in [6.45, 7) is 1.85. The molecule has 0 aliphatic heterocycles. The van der Waals surface area contributed by atoms with Gasteiger partial charge in [-0.2, -0.15) is 0 Å². The van der Waals surface area contributed by atoms with Crippen LogP contribution in [-0.4, -0.2) is 37.7 Å². The summed E-state index contributed by atoms with van der Waals surface area (Å²) in [5.74, 6) is -1.55. The van der Waals surface area contributed by atoms with Crippen molar-refractivity contribution < 1.29 is 27.5 Å². The number of nitrogens with one attached hydrogen (secondary N) is 2. The molecule has 1 rings (SSSR count). The molecular weight excluding hydrogens is 312 g/mol. The molecule has 0 radical (unpaired) electrons. The quantitative estimate of drug-likeness (QED) is 0.611. The number of sulfonamides is 1. The zero-order valence-corrected chi connectivity index (χ0v) is 13.3. The molecule has 124 valence electrons. The maximum absolute atomic E-state index is 11.9. The van der Waals surface area contributed by atoms with Gasteiger partial charge in [-0.15, -0.1) is 0 Å². The van der Waals surface area contributed by atoms with Crippen LogP contribution in [0.15, 0.2) is 16.5 Å². The second-order valence-electron chi connectivity index (χ2n) is 4.87. The summed E-state index contributed by atoms with van der Waals surface area (Å²) in [4.78, 5) is 23.0. The molecule has 0 fully saturated rings. The van der Waals surface area contributed by atoms with Gasteiger partial charge in [-0.1, -0.05) is 19.8 Å². The average Bonchev–Trinajstić information content (AvgIpc) is 2.89. The minimum absolute atomic E-state index is 0.0620. The monoisotopic (exact) mass is 332 g/mol. The molecule has 1 unspecified atom stereocenters. The average molecular weight is 332 g/mol. The van der Waals surface area contributed by atoms with E-state index in [0.717, 1.165) is 12.7 Å². The van der Waals surface area contributed by atoms with Gasteiger partial charge in [-0.05, 0) is 18.6 Å². The Hall–Kier alpha value is -1.87. The van der Waals surface area contributed by atoms with E-state index in [-0.39, 0.29) is 18.1 Å². The summed E-state index contributed by atoms with van der Waals surface area (Å²) >= 11 is 0. The lowest BCUT2D eigenvalue weighted by Crippen LogP contribution is -2.40. The summed E-state index contributed by atoms with van der Waals surface area (Å²) in [7, 11) is -3.36. The van der Waals surface area contributed by atoms with Crippen molar-refractivity contribution in [2.45, 2.75) is 38.8 Å². The van der Waals surface area contributed by atoms with Crippen LogP contribution in [0.1, 0.15) is 42.5 Å². The molecule has 0 aromatic carbocycles. The standard InChI is InChI=1S/C13H20N2O6S/c1-3-4-5-10(13(17)18)15-12(16)11-7-6-9(21-11)8-14-22(2,19)20/h6-7,10,14H,3-5,8H2,1-2H3,(H,15,16)(H,17,18). The third-order valence-electron chi connectivity index (χ3n) is 2.84. The summed E-state index contributed by atoms with van der Waals surface area (Å²) < 4.78 is 29.4. The van der Waals surface area contributed by atoms with Crippen molar-refractivity contribution in [2.24, 2.45) is 0 Å². The van der Waals surface area contributed by atoms with Crippen molar-refractivity contribution in [1.82, 2.24) is 10.0 Å². The first-order valence-electron chi connectivity index (χ1n) is 6.80. The summed E-state index contributed by atoms with van der Waals surface area (Å²) in [5, 5.41) is 11.4. The van der Waals surface area contributed by atoms with E-state index in [2.05, 4.69) is 10.0 Å². The minimum Gasteiger partial charge on any atom is -0.480 e. The Labute approximate surface area is 128 Å². The smallest absolute Gasteiger partial charge is 0.326 e.